The molecular formula is C29H31N5O2. The highest BCUT2D eigenvalue weighted by atomic mass is 16.2. The average molecular weight is 482 g/mol. The topological polar surface area (TPSA) is 70.5 Å². The Kier molecular flexibility index (Phi) is 7.09. The van der Waals surface area contributed by atoms with Crippen LogP contribution in [0.15, 0.2) is 83.7 Å². The molecule has 0 atom stereocenters. The fourth-order valence-electron chi connectivity index (χ4n) is 4.76. The van der Waals surface area contributed by atoms with Gasteiger partial charge in [-0.05, 0) is 35.7 Å². The van der Waals surface area contributed by atoms with Crippen LogP contribution in [0.4, 0.5) is 5.69 Å². The number of anilines is 1. The van der Waals surface area contributed by atoms with Crippen LogP contribution in [0.1, 0.15) is 28.0 Å². The average Bonchev–Trinajstić information content (AvgIpc) is 2.95. The van der Waals surface area contributed by atoms with Crippen molar-refractivity contribution in [1.29, 1.82) is 0 Å². The minimum absolute atomic E-state index is 0.0360. The summed E-state index contributed by atoms with van der Waals surface area (Å²) >= 11 is 0. The molecule has 7 nitrogen and oxygen atoms in total. The maximum Gasteiger partial charge on any atom is 0.282 e. The Hall–Kier alpha value is -3.97. The van der Waals surface area contributed by atoms with Gasteiger partial charge in [0.05, 0.1) is 11.0 Å². The summed E-state index contributed by atoms with van der Waals surface area (Å²) in [5, 5.41) is 3.54. The second-order valence-electron chi connectivity index (χ2n) is 9.24. The molecule has 36 heavy (non-hydrogen) atoms. The van der Waals surface area contributed by atoms with E-state index >= 15 is 0 Å². The van der Waals surface area contributed by atoms with Gasteiger partial charge in [-0.25, -0.2) is 4.98 Å². The highest BCUT2D eigenvalue weighted by Gasteiger charge is 2.24. The molecule has 0 aliphatic carbocycles. The van der Waals surface area contributed by atoms with Crippen LogP contribution in [-0.4, -0.2) is 51.4 Å². The lowest BCUT2D eigenvalue weighted by Crippen LogP contribution is -2.41. The number of hydrogen-bond donors (Lipinski definition) is 1. The molecule has 3 aromatic carbocycles. The van der Waals surface area contributed by atoms with Gasteiger partial charge in [-0.2, -0.15) is 0 Å². The molecule has 1 aliphatic rings. The molecule has 184 valence electrons. The van der Waals surface area contributed by atoms with Crippen LogP contribution in [0.5, 0.6) is 0 Å². The summed E-state index contributed by atoms with van der Waals surface area (Å²) in [5.41, 5.74) is 4.22. The summed E-state index contributed by atoms with van der Waals surface area (Å²) in [4.78, 5) is 35.7. The first kappa shape index (κ1) is 23.8. The van der Waals surface area contributed by atoms with E-state index in [2.05, 4.69) is 39.5 Å². The molecule has 0 saturated heterocycles. The summed E-state index contributed by atoms with van der Waals surface area (Å²) in [7, 11) is 1.69. The zero-order chi connectivity index (χ0) is 24.9. The Morgan fingerprint density at radius 2 is 1.67 bits per heavy atom. The maximum atomic E-state index is 13.9. The van der Waals surface area contributed by atoms with Gasteiger partial charge in [-0.15, -0.1) is 0 Å². The molecule has 1 aliphatic heterocycles. The van der Waals surface area contributed by atoms with Crippen LogP contribution >= 0.6 is 0 Å². The molecule has 0 fully saturated rings. The molecule has 7 heteroatoms. The van der Waals surface area contributed by atoms with Gasteiger partial charge >= 0.3 is 0 Å². The number of benzene rings is 3. The standard InChI is InChI=1S/C29H31N5O2/c1-32-26-15-8-7-14-25(26)31-27(28(32)35)29(36)34-19-18-33(20-22-10-3-2-4-11-22)17-9-16-30-24-13-6-5-12-23(24)21-34/h2-8,10-15,30H,9,16-21H2,1H3. The number of aryl methyl sites for hydroxylation is 1. The van der Waals surface area contributed by atoms with E-state index in [1.165, 1.54) is 10.1 Å². The smallest absolute Gasteiger partial charge is 0.282 e. The molecule has 1 N–H and O–H groups in total. The first-order valence-corrected chi connectivity index (χ1v) is 12.4. The van der Waals surface area contributed by atoms with Crippen molar-refractivity contribution < 1.29 is 4.79 Å². The van der Waals surface area contributed by atoms with E-state index < -0.39 is 0 Å². The monoisotopic (exact) mass is 481 g/mol. The molecule has 1 amide bonds. The predicted molar refractivity (Wildman–Crippen MR) is 143 cm³/mol. The molecule has 0 unspecified atom stereocenters. The van der Waals surface area contributed by atoms with Crippen LogP contribution < -0.4 is 10.9 Å². The zero-order valence-corrected chi connectivity index (χ0v) is 20.6. The highest BCUT2D eigenvalue weighted by molar-refractivity contribution is 5.94. The third kappa shape index (κ3) is 5.16. The van der Waals surface area contributed by atoms with E-state index in [9.17, 15) is 9.59 Å². The van der Waals surface area contributed by atoms with Gasteiger partial charge in [-0.1, -0.05) is 60.7 Å². The van der Waals surface area contributed by atoms with E-state index in [0.29, 0.717) is 30.7 Å². The molecule has 0 bridgehead atoms. The number of nitrogens with zero attached hydrogens (tertiary/aromatic N) is 4. The maximum absolute atomic E-state index is 13.9. The number of para-hydroxylation sites is 3. The van der Waals surface area contributed by atoms with Gasteiger partial charge in [-0.3, -0.25) is 14.5 Å². The Bertz CT molecular complexity index is 1420. The van der Waals surface area contributed by atoms with E-state index in [4.69, 9.17) is 0 Å². The lowest BCUT2D eigenvalue weighted by molar-refractivity contribution is 0.0712. The summed E-state index contributed by atoms with van der Waals surface area (Å²) < 4.78 is 1.51. The number of carbonyl (C=O) groups is 1. The van der Waals surface area contributed by atoms with Crippen LogP contribution in [0.3, 0.4) is 0 Å². The van der Waals surface area contributed by atoms with Crippen LogP contribution in [0.25, 0.3) is 11.0 Å². The number of hydrogen-bond acceptors (Lipinski definition) is 5. The zero-order valence-electron chi connectivity index (χ0n) is 20.6. The first-order valence-electron chi connectivity index (χ1n) is 12.4. The molecule has 0 radical (unpaired) electrons. The van der Waals surface area contributed by atoms with Crippen LogP contribution in [-0.2, 0) is 20.1 Å². The van der Waals surface area contributed by atoms with Crippen molar-refractivity contribution in [2.45, 2.75) is 19.5 Å². The third-order valence-electron chi connectivity index (χ3n) is 6.75. The van der Waals surface area contributed by atoms with E-state index in [0.717, 1.165) is 37.3 Å². The molecule has 0 saturated carbocycles. The number of fused-ring (bicyclic) bond motifs is 2. The Morgan fingerprint density at radius 1 is 0.917 bits per heavy atom. The van der Waals surface area contributed by atoms with Gasteiger partial charge in [0.2, 0.25) is 0 Å². The van der Waals surface area contributed by atoms with Gasteiger partial charge in [0, 0.05) is 52.0 Å². The second-order valence-corrected chi connectivity index (χ2v) is 9.24. The molecule has 0 spiro atoms. The van der Waals surface area contributed by atoms with Crippen molar-refractivity contribution in [2.24, 2.45) is 7.05 Å². The highest BCUT2D eigenvalue weighted by Crippen LogP contribution is 2.20. The number of amides is 1. The van der Waals surface area contributed by atoms with E-state index in [1.807, 2.05) is 54.6 Å². The molecule has 1 aromatic heterocycles. The van der Waals surface area contributed by atoms with Gasteiger partial charge in [0.1, 0.15) is 0 Å². The Labute approximate surface area is 211 Å². The van der Waals surface area contributed by atoms with Crippen molar-refractivity contribution in [3.8, 4) is 0 Å². The van der Waals surface area contributed by atoms with Crippen molar-refractivity contribution in [3.05, 3.63) is 106 Å². The van der Waals surface area contributed by atoms with Crippen molar-refractivity contribution in [1.82, 2.24) is 19.4 Å². The summed E-state index contributed by atoms with van der Waals surface area (Å²) in [6.07, 6.45) is 0.988. The lowest BCUT2D eigenvalue weighted by atomic mass is 10.1. The summed E-state index contributed by atoms with van der Waals surface area (Å²) in [6, 6.07) is 25.9. The van der Waals surface area contributed by atoms with Crippen molar-refractivity contribution >= 4 is 22.6 Å². The minimum Gasteiger partial charge on any atom is -0.385 e. The number of aromatic nitrogens is 2. The largest absolute Gasteiger partial charge is 0.385 e. The summed E-state index contributed by atoms with van der Waals surface area (Å²) in [6.45, 7) is 4.17. The quantitative estimate of drug-likeness (QED) is 0.481. The van der Waals surface area contributed by atoms with E-state index in [-0.39, 0.29) is 17.2 Å². The lowest BCUT2D eigenvalue weighted by Gasteiger charge is -2.27. The minimum atomic E-state index is -0.374. The fourth-order valence-corrected chi connectivity index (χ4v) is 4.76. The van der Waals surface area contributed by atoms with Gasteiger partial charge < -0.3 is 14.8 Å². The molecular weight excluding hydrogens is 450 g/mol. The molecule has 2 heterocycles. The Morgan fingerprint density at radius 3 is 2.53 bits per heavy atom. The molecule has 4 aromatic rings. The predicted octanol–water partition coefficient (Wildman–Crippen LogP) is 3.89. The SMILES string of the molecule is Cn1c(=O)c(C(=O)N2CCN(Cc3ccccc3)CCCNc3ccccc3C2)nc2ccccc21. The summed E-state index contributed by atoms with van der Waals surface area (Å²) in [5.74, 6) is -0.338. The van der Waals surface area contributed by atoms with Gasteiger partial charge in [0.25, 0.3) is 11.5 Å². The normalized spacial score (nSPS) is 15.1. The second kappa shape index (κ2) is 10.7. The third-order valence-corrected chi connectivity index (χ3v) is 6.75. The number of rotatable bonds is 3. The molecule has 5 rings (SSSR count). The van der Waals surface area contributed by atoms with E-state index in [1.54, 1.807) is 11.9 Å². The number of carbonyl (C=O) groups excluding carboxylic acids is 1. The van der Waals surface area contributed by atoms with Crippen LogP contribution in [0.2, 0.25) is 0 Å². The fraction of sp³-hybridized carbons (Fsp3) is 0.276. The van der Waals surface area contributed by atoms with Crippen molar-refractivity contribution in [3.63, 3.8) is 0 Å². The number of nitrogens with one attached hydrogen (secondary N) is 1. The van der Waals surface area contributed by atoms with Crippen LogP contribution in [0, 0.1) is 0 Å². The Balaban J connectivity index is 1.48. The first-order chi connectivity index (χ1) is 17.6. The van der Waals surface area contributed by atoms with Crippen molar-refractivity contribution in [2.75, 3.05) is 31.5 Å². The van der Waals surface area contributed by atoms with Gasteiger partial charge in [0.15, 0.2) is 5.69 Å².